The molecule has 5 heteroatoms. The SMILES string of the molecule is CC(C)(C)C1CCN(S(=O)(=O)c2cccc(N)c2)CC1. The van der Waals surface area contributed by atoms with Crippen molar-refractivity contribution in [2.24, 2.45) is 11.3 Å². The van der Waals surface area contributed by atoms with Crippen molar-refractivity contribution in [1.29, 1.82) is 0 Å². The van der Waals surface area contributed by atoms with E-state index in [9.17, 15) is 8.42 Å². The Kier molecular flexibility index (Phi) is 4.12. The summed E-state index contributed by atoms with van der Waals surface area (Å²) in [7, 11) is -3.40. The Labute approximate surface area is 122 Å². The highest BCUT2D eigenvalue weighted by Gasteiger charge is 2.33. The molecule has 1 heterocycles. The van der Waals surface area contributed by atoms with Crippen LogP contribution in [0.25, 0.3) is 0 Å². The smallest absolute Gasteiger partial charge is 0.243 e. The van der Waals surface area contributed by atoms with E-state index in [0.29, 0.717) is 29.6 Å². The van der Waals surface area contributed by atoms with Gasteiger partial charge < -0.3 is 5.73 Å². The Hall–Kier alpha value is -1.07. The summed E-state index contributed by atoms with van der Waals surface area (Å²) in [5.41, 5.74) is 6.41. The van der Waals surface area contributed by atoms with Gasteiger partial charge in [-0.2, -0.15) is 4.31 Å². The fraction of sp³-hybridized carbons (Fsp3) is 0.600. The van der Waals surface area contributed by atoms with Crippen molar-refractivity contribution in [3.63, 3.8) is 0 Å². The lowest BCUT2D eigenvalue weighted by Crippen LogP contribution is -2.41. The molecule has 1 aromatic carbocycles. The molecule has 4 nitrogen and oxygen atoms in total. The maximum absolute atomic E-state index is 12.6. The number of benzene rings is 1. The molecule has 0 aliphatic carbocycles. The van der Waals surface area contributed by atoms with E-state index in [0.717, 1.165) is 12.8 Å². The predicted octanol–water partition coefficient (Wildman–Crippen LogP) is 2.72. The average Bonchev–Trinajstić information content (AvgIpc) is 2.38. The lowest BCUT2D eigenvalue weighted by atomic mass is 9.76. The second kappa shape index (κ2) is 5.37. The van der Waals surface area contributed by atoms with Crippen molar-refractivity contribution in [1.82, 2.24) is 4.31 Å². The zero-order valence-corrected chi connectivity index (χ0v) is 13.3. The van der Waals surface area contributed by atoms with Gasteiger partial charge in [-0.25, -0.2) is 8.42 Å². The Morgan fingerprint density at radius 3 is 2.30 bits per heavy atom. The molecular weight excluding hydrogens is 272 g/mol. The van der Waals surface area contributed by atoms with Gasteiger partial charge >= 0.3 is 0 Å². The lowest BCUT2D eigenvalue weighted by molar-refractivity contribution is 0.154. The summed E-state index contributed by atoms with van der Waals surface area (Å²) < 4.78 is 26.7. The minimum atomic E-state index is -3.40. The number of nitrogens with two attached hydrogens (primary N) is 1. The Morgan fingerprint density at radius 2 is 1.80 bits per heavy atom. The van der Waals surface area contributed by atoms with Crippen LogP contribution in [0.5, 0.6) is 0 Å². The average molecular weight is 296 g/mol. The first-order valence-corrected chi connectivity index (χ1v) is 8.51. The standard InChI is InChI=1S/C15H24N2O2S/c1-15(2,3)12-7-9-17(10-8-12)20(18,19)14-6-4-5-13(16)11-14/h4-6,11-12H,7-10,16H2,1-3H3. The van der Waals surface area contributed by atoms with Gasteiger partial charge in [-0.1, -0.05) is 26.8 Å². The number of nitrogens with zero attached hydrogens (tertiary/aromatic N) is 1. The maximum Gasteiger partial charge on any atom is 0.243 e. The van der Waals surface area contributed by atoms with Gasteiger partial charge in [0.2, 0.25) is 10.0 Å². The molecule has 1 fully saturated rings. The van der Waals surface area contributed by atoms with Crippen molar-refractivity contribution in [2.75, 3.05) is 18.8 Å². The monoisotopic (exact) mass is 296 g/mol. The third kappa shape index (κ3) is 3.15. The summed E-state index contributed by atoms with van der Waals surface area (Å²) >= 11 is 0. The van der Waals surface area contributed by atoms with E-state index < -0.39 is 10.0 Å². The number of rotatable bonds is 2. The van der Waals surface area contributed by atoms with E-state index in [4.69, 9.17) is 5.73 Å². The fourth-order valence-electron chi connectivity index (χ4n) is 2.79. The summed E-state index contributed by atoms with van der Waals surface area (Å²) in [6.45, 7) is 7.86. The Morgan fingerprint density at radius 1 is 1.20 bits per heavy atom. The molecule has 112 valence electrons. The van der Waals surface area contributed by atoms with Crippen molar-refractivity contribution in [2.45, 2.75) is 38.5 Å². The minimum absolute atomic E-state index is 0.243. The molecule has 2 rings (SSSR count). The number of anilines is 1. The number of piperidine rings is 1. The quantitative estimate of drug-likeness (QED) is 0.853. The zero-order chi connectivity index (χ0) is 15.0. The maximum atomic E-state index is 12.6. The number of nitrogen functional groups attached to an aromatic ring is 1. The normalized spacial score (nSPS) is 19.1. The van der Waals surface area contributed by atoms with E-state index in [1.807, 2.05) is 0 Å². The highest BCUT2D eigenvalue weighted by Crippen LogP contribution is 2.35. The van der Waals surface area contributed by atoms with Gasteiger partial charge in [-0.05, 0) is 42.4 Å². The van der Waals surface area contributed by atoms with Crippen LogP contribution in [0.1, 0.15) is 33.6 Å². The summed E-state index contributed by atoms with van der Waals surface area (Å²) in [5.74, 6) is 0.579. The molecule has 20 heavy (non-hydrogen) atoms. The molecule has 0 unspecified atom stereocenters. The van der Waals surface area contributed by atoms with Crippen LogP contribution in [0.3, 0.4) is 0 Å². The van der Waals surface area contributed by atoms with Crippen LogP contribution in [-0.2, 0) is 10.0 Å². The number of hydrogen-bond donors (Lipinski definition) is 1. The van der Waals surface area contributed by atoms with E-state index >= 15 is 0 Å². The summed E-state index contributed by atoms with van der Waals surface area (Å²) in [4.78, 5) is 0.298. The third-order valence-corrected chi connectivity index (χ3v) is 6.07. The van der Waals surface area contributed by atoms with Gasteiger partial charge in [0.1, 0.15) is 0 Å². The first-order valence-electron chi connectivity index (χ1n) is 7.07. The second-order valence-corrected chi connectivity index (χ2v) is 8.55. The predicted molar refractivity (Wildman–Crippen MR) is 81.8 cm³/mol. The van der Waals surface area contributed by atoms with E-state index in [1.54, 1.807) is 22.5 Å². The largest absolute Gasteiger partial charge is 0.399 e. The molecule has 0 amide bonds. The van der Waals surface area contributed by atoms with E-state index in [1.165, 1.54) is 6.07 Å². The van der Waals surface area contributed by atoms with Crippen LogP contribution in [0.15, 0.2) is 29.2 Å². The Balaban J connectivity index is 2.14. The van der Waals surface area contributed by atoms with Crippen LogP contribution in [0, 0.1) is 11.3 Å². The number of sulfonamides is 1. The summed E-state index contributed by atoms with van der Waals surface area (Å²) in [6.07, 6.45) is 1.84. The van der Waals surface area contributed by atoms with Gasteiger partial charge in [0.15, 0.2) is 0 Å². The van der Waals surface area contributed by atoms with E-state index in [-0.39, 0.29) is 5.41 Å². The first kappa shape index (κ1) is 15.3. The summed E-state index contributed by atoms with van der Waals surface area (Å²) in [5, 5.41) is 0. The topological polar surface area (TPSA) is 63.4 Å². The van der Waals surface area contributed by atoms with Crippen molar-refractivity contribution >= 4 is 15.7 Å². The van der Waals surface area contributed by atoms with Crippen LogP contribution >= 0.6 is 0 Å². The molecule has 0 radical (unpaired) electrons. The third-order valence-electron chi connectivity index (χ3n) is 4.17. The van der Waals surface area contributed by atoms with Gasteiger partial charge in [0.25, 0.3) is 0 Å². The first-order chi connectivity index (χ1) is 9.21. The molecule has 1 aromatic rings. The van der Waals surface area contributed by atoms with Gasteiger partial charge in [-0.3, -0.25) is 0 Å². The minimum Gasteiger partial charge on any atom is -0.399 e. The molecule has 1 aliphatic rings. The van der Waals surface area contributed by atoms with Gasteiger partial charge in [0, 0.05) is 18.8 Å². The molecule has 0 spiro atoms. The highest BCUT2D eigenvalue weighted by atomic mass is 32.2. The molecule has 1 aliphatic heterocycles. The van der Waals surface area contributed by atoms with Crippen LogP contribution in [0.2, 0.25) is 0 Å². The molecule has 0 saturated carbocycles. The molecule has 0 atom stereocenters. The molecule has 1 saturated heterocycles. The molecule has 0 aromatic heterocycles. The molecule has 2 N–H and O–H groups in total. The number of hydrogen-bond acceptors (Lipinski definition) is 3. The fourth-order valence-corrected chi connectivity index (χ4v) is 4.31. The Bertz CT molecular complexity index is 568. The summed E-state index contributed by atoms with van der Waals surface area (Å²) in [6, 6.07) is 6.53. The highest BCUT2D eigenvalue weighted by molar-refractivity contribution is 7.89. The van der Waals surface area contributed by atoms with Crippen molar-refractivity contribution < 1.29 is 8.42 Å². The zero-order valence-electron chi connectivity index (χ0n) is 12.5. The van der Waals surface area contributed by atoms with Crippen LogP contribution in [-0.4, -0.2) is 25.8 Å². The van der Waals surface area contributed by atoms with Crippen LogP contribution in [0.4, 0.5) is 5.69 Å². The van der Waals surface area contributed by atoms with Gasteiger partial charge in [-0.15, -0.1) is 0 Å². The van der Waals surface area contributed by atoms with Gasteiger partial charge in [0.05, 0.1) is 4.90 Å². The van der Waals surface area contributed by atoms with Crippen LogP contribution < -0.4 is 5.73 Å². The lowest BCUT2D eigenvalue weighted by Gasteiger charge is -2.38. The second-order valence-electron chi connectivity index (χ2n) is 6.62. The van der Waals surface area contributed by atoms with Crippen molar-refractivity contribution in [3.8, 4) is 0 Å². The van der Waals surface area contributed by atoms with Crippen molar-refractivity contribution in [3.05, 3.63) is 24.3 Å². The molecule has 0 bridgehead atoms. The van der Waals surface area contributed by atoms with E-state index in [2.05, 4.69) is 20.8 Å². The molecular formula is C15H24N2O2S.